The smallest absolute Gasteiger partial charge is 0.469 e. The number of nitrogens with zero attached hydrogens (tertiary/aromatic N) is 1. The lowest BCUT2D eigenvalue weighted by Crippen LogP contribution is -2.21. The molecule has 0 bridgehead atoms. The Morgan fingerprint density at radius 3 is 2.63 bits per heavy atom. The van der Waals surface area contributed by atoms with Crippen LogP contribution in [0.1, 0.15) is 11.1 Å². The maximum atomic E-state index is 12.2. The van der Waals surface area contributed by atoms with Crippen LogP contribution in [-0.2, 0) is 22.5 Å². The molecule has 0 spiro atoms. The Kier molecular flexibility index (Phi) is 5.35. The van der Waals surface area contributed by atoms with Gasteiger partial charge in [0.2, 0.25) is 5.88 Å². The van der Waals surface area contributed by atoms with Crippen LogP contribution in [0.4, 0.5) is 13.2 Å². The zero-order valence-corrected chi connectivity index (χ0v) is 11.9. The summed E-state index contributed by atoms with van der Waals surface area (Å²) in [7, 11) is 1.22. The zero-order valence-electron chi connectivity index (χ0n) is 9.75. The Hall–Kier alpha value is -1.10. The fraction of sp³-hybridized carbons (Fsp3) is 0.400. The molecule has 0 aliphatic heterocycles. The molecule has 106 valence electrons. The molecule has 1 rings (SSSR count). The van der Waals surface area contributed by atoms with E-state index in [1.807, 2.05) is 0 Å². The number of hydrogen-bond donors (Lipinski definition) is 1. The number of halogens is 4. The molecule has 1 heterocycles. The molecule has 0 fully saturated rings. The third kappa shape index (κ3) is 4.49. The molecule has 9 heteroatoms. The first kappa shape index (κ1) is 16.0. The van der Waals surface area contributed by atoms with Crippen LogP contribution in [0, 0.1) is 3.57 Å². The van der Waals surface area contributed by atoms with Crippen LogP contribution >= 0.6 is 22.6 Å². The van der Waals surface area contributed by atoms with E-state index in [2.05, 4.69) is 14.5 Å². The van der Waals surface area contributed by atoms with Crippen molar-refractivity contribution in [1.29, 1.82) is 0 Å². The van der Waals surface area contributed by atoms with Crippen molar-refractivity contribution in [3.05, 3.63) is 20.9 Å². The van der Waals surface area contributed by atoms with Crippen LogP contribution in [0.2, 0.25) is 0 Å². The third-order valence-electron chi connectivity index (χ3n) is 2.12. The van der Waals surface area contributed by atoms with Gasteiger partial charge in [0.05, 0.1) is 13.5 Å². The van der Waals surface area contributed by atoms with Gasteiger partial charge in [-0.25, -0.2) is 4.98 Å². The number of nitrogens with two attached hydrogens (primary N) is 1. The summed E-state index contributed by atoms with van der Waals surface area (Å²) in [5.41, 5.74) is 5.92. The van der Waals surface area contributed by atoms with Gasteiger partial charge in [-0.1, -0.05) is 0 Å². The van der Waals surface area contributed by atoms with Crippen LogP contribution in [0.3, 0.4) is 0 Å². The number of ether oxygens (including phenoxy) is 2. The number of alkyl halides is 3. The second kappa shape index (κ2) is 6.37. The van der Waals surface area contributed by atoms with E-state index in [-0.39, 0.29) is 18.5 Å². The summed E-state index contributed by atoms with van der Waals surface area (Å²) in [4.78, 5) is 14.7. The summed E-state index contributed by atoms with van der Waals surface area (Å²) in [6.45, 7) is -0.189. The minimum Gasteiger partial charge on any atom is -0.469 e. The quantitative estimate of drug-likeness (QED) is 0.627. The molecule has 0 aliphatic rings. The van der Waals surface area contributed by atoms with E-state index in [0.717, 1.165) is 6.20 Å². The van der Waals surface area contributed by atoms with Gasteiger partial charge in [0.25, 0.3) is 0 Å². The first-order valence-corrected chi connectivity index (χ1v) is 6.05. The summed E-state index contributed by atoms with van der Waals surface area (Å²) >= 11 is 1.79. The van der Waals surface area contributed by atoms with Crippen molar-refractivity contribution < 1.29 is 27.4 Å². The molecule has 0 atom stereocenters. The second-order valence-electron chi connectivity index (χ2n) is 3.39. The van der Waals surface area contributed by atoms with E-state index in [0.29, 0.717) is 9.13 Å². The van der Waals surface area contributed by atoms with Crippen molar-refractivity contribution in [2.24, 2.45) is 5.73 Å². The van der Waals surface area contributed by atoms with Crippen molar-refractivity contribution >= 4 is 28.6 Å². The first-order chi connectivity index (χ1) is 8.78. The molecule has 1 aromatic rings. The average molecular weight is 390 g/mol. The van der Waals surface area contributed by atoms with E-state index in [9.17, 15) is 18.0 Å². The average Bonchev–Trinajstić information content (AvgIpc) is 2.31. The van der Waals surface area contributed by atoms with Gasteiger partial charge in [0, 0.05) is 21.9 Å². The molecule has 5 nitrogen and oxygen atoms in total. The molecular formula is C10H10F3IN2O3. The second-order valence-corrected chi connectivity index (χ2v) is 4.46. The maximum absolute atomic E-state index is 12.2. The minimum absolute atomic E-state index is 0.0962. The van der Waals surface area contributed by atoms with Gasteiger partial charge in [-0.15, -0.1) is 13.2 Å². The van der Waals surface area contributed by atoms with Crippen molar-refractivity contribution in [2.45, 2.75) is 19.3 Å². The molecule has 0 unspecified atom stereocenters. The fourth-order valence-electron chi connectivity index (χ4n) is 1.28. The molecule has 2 N–H and O–H groups in total. The van der Waals surface area contributed by atoms with Crippen LogP contribution in [-0.4, -0.2) is 24.4 Å². The lowest BCUT2D eigenvalue weighted by Gasteiger charge is -2.14. The van der Waals surface area contributed by atoms with E-state index in [1.165, 1.54) is 7.11 Å². The topological polar surface area (TPSA) is 74.4 Å². The van der Waals surface area contributed by atoms with Crippen molar-refractivity contribution in [2.75, 3.05) is 7.11 Å². The number of methoxy groups -OCH3 is 1. The predicted molar refractivity (Wildman–Crippen MR) is 67.2 cm³/mol. The maximum Gasteiger partial charge on any atom is 0.574 e. The monoisotopic (exact) mass is 390 g/mol. The molecule has 0 radical (unpaired) electrons. The van der Waals surface area contributed by atoms with Gasteiger partial charge in [0.15, 0.2) is 0 Å². The molecule has 19 heavy (non-hydrogen) atoms. The van der Waals surface area contributed by atoms with Crippen LogP contribution in [0.15, 0.2) is 6.20 Å². The Morgan fingerprint density at radius 1 is 1.53 bits per heavy atom. The van der Waals surface area contributed by atoms with Gasteiger partial charge in [-0.2, -0.15) is 0 Å². The van der Waals surface area contributed by atoms with Gasteiger partial charge in [-0.3, -0.25) is 4.79 Å². The number of hydrogen-bond acceptors (Lipinski definition) is 5. The highest BCUT2D eigenvalue weighted by atomic mass is 127. The number of carbonyl (C=O) groups excluding carboxylic acids is 1. The van der Waals surface area contributed by atoms with Gasteiger partial charge in [0.1, 0.15) is 0 Å². The summed E-state index contributed by atoms with van der Waals surface area (Å²) in [5, 5.41) is 0. The van der Waals surface area contributed by atoms with Crippen LogP contribution in [0.25, 0.3) is 0 Å². The van der Waals surface area contributed by atoms with Crippen LogP contribution < -0.4 is 10.5 Å². The number of rotatable bonds is 4. The SMILES string of the molecule is COC(=O)Cc1cnc(OC(F)(F)F)c(CN)c1I. The van der Waals surface area contributed by atoms with Crippen molar-refractivity contribution in [3.8, 4) is 5.88 Å². The van der Waals surface area contributed by atoms with E-state index < -0.39 is 18.2 Å². The summed E-state index contributed by atoms with van der Waals surface area (Å²) in [6.07, 6.45) is -3.80. The highest BCUT2D eigenvalue weighted by Crippen LogP contribution is 2.29. The van der Waals surface area contributed by atoms with Gasteiger partial charge < -0.3 is 15.2 Å². The fourth-order valence-corrected chi connectivity index (χ4v) is 2.07. The van der Waals surface area contributed by atoms with Crippen molar-refractivity contribution in [1.82, 2.24) is 4.98 Å². The number of esters is 1. The largest absolute Gasteiger partial charge is 0.574 e. The molecule has 0 saturated carbocycles. The number of carbonyl (C=O) groups is 1. The third-order valence-corrected chi connectivity index (χ3v) is 3.47. The first-order valence-electron chi connectivity index (χ1n) is 4.97. The molecule has 0 amide bonds. The lowest BCUT2D eigenvalue weighted by atomic mass is 10.1. The number of pyridine rings is 1. The minimum atomic E-state index is -4.84. The Labute approximate surface area is 120 Å². The van der Waals surface area contributed by atoms with E-state index in [4.69, 9.17) is 5.73 Å². The summed E-state index contributed by atoms with van der Waals surface area (Å²) in [5.74, 6) is -1.12. The van der Waals surface area contributed by atoms with Crippen LogP contribution in [0.5, 0.6) is 5.88 Å². The standard InChI is InChI=1S/C10H10F3IN2O3/c1-18-7(17)2-5-4-16-9(19-10(11,12)13)6(3-15)8(5)14/h4H,2-3,15H2,1H3. The molecule has 1 aromatic heterocycles. The highest BCUT2D eigenvalue weighted by molar-refractivity contribution is 14.1. The van der Waals surface area contributed by atoms with E-state index in [1.54, 1.807) is 22.6 Å². The normalized spacial score (nSPS) is 11.3. The Bertz CT molecular complexity index is 480. The molecule has 0 aliphatic carbocycles. The Balaban J connectivity index is 3.12. The summed E-state index contributed by atoms with van der Waals surface area (Å²) in [6, 6.07) is 0. The summed E-state index contributed by atoms with van der Waals surface area (Å²) < 4.78 is 45.2. The highest BCUT2D eigenvalue weighted by Gasteiger charge is 2.33. The Morgan fingerprint density at radius 2 is 2.16 bits per heavy atom. The van der Waals surface area contributed by atoms with Crippen molar-refractivity contribution in [3.63, 3.8) is 0 Å². The van der Waals surface area contributed by atoms with E-state index >= 15 is 0 Å². The zero-order chi connectivity index (χ0) is 14.6. The molecule has 0 saturated heterocycles. The number of aromatic nitrogens is 1. The molecular weight excluding hydrogens is 380 g/mol. The lowest BCUT2D eigenvalue weighted by molar-refractivity contribution is -0.276. The predicted octanol–water partition coefficient (Wildman–Crippen LogP) is 1.76. The molecule has 0 aromatic carbocycles. The van der Waals surface area contributed by atoms with Gasteiger partial charge >= 0.3 is 12.3 Å². The van der Waals surface area contributed by atoms with Gasteiger partial charge in [-0.05, 0) is 28.2 Å².